The average Bonchev–Trinajstić information content (AvgIpc) is 3.18. The van der Waals surface area contributed by atoms with E-state index in [0.717, 1.165) is 35.1 Å². The first-order valence-corrected chi connectivity index (χ1v) is 7.63. The molecule has 0 radical (unpaired) electrons. The Balaban J connectivity index is 1.60. The molecule has 1 aromatic heterocycles. The number of guanidine groups is 1. The van der Waals surface area contributed by atoms with Crippen molar-refractivity contribution in [2.75, 3.05) is 13.3 Å². The van der Waals surface area contributed by atoms with Gasteiger partial charge in [0.05, 0.1) is 12.7 Å². The van der Waals surface area contributed by atoms with Gasteiger partial charge in [0.1, 0.15) is 0 Å². The van der Waals surface area contributed by atoms with Gasteiger partial charge >= 0.3 is 0 Å². The molecule has 7 nitrogen and oxygen atoms in total. The van der Waals surface area contributed by atoms with Crippen LogP contribution in [0.15, 0.2) is 35.6 Å². The Hall–Kier alpha value is -2.70. The van der Waals surface area contributed by atoms with Gasteiger partial charge in [-0.25, -0.2) is 4.99 Å². The molecule has 2 N–H and O–H groups in total. The van der Waals surface area contributed by atoms with Crippen LogP contribution >= 0.6 is 0 Å². The molecule has 3 rings (SSSR count). The van der Waals surface area contributed by atoms with Crippen LogP contribution in [0.3, 0.4) is 0 Å². The standard InChI is InChI=1S/C16H21N5O2/c1-3-17-16(19-8-13-9-20-21(2)10-13)18-7-12-4-5-14-15(6-12)23-11-22-14/h4-6,9-10H,3,7-8,11H2,1-2H3,(H2,17,18,19). The van der Waals surface area contributed by atoms with Crippen molar-refractivity contribution in [3.8, 4) is 11.5 Å². The monoisotopic (exact) mass is 315 g/mol. The normalized spacial score (nSPS) is 13.2. The predicted octanol–water partition coefficient (Wildman–Crippen LogP) is 1.40. The van der Waals surface area contributed by atoms with Gasteiger partial charge < -0.3 is 20.1 Å². The highest BCUT2D eigenvalue weighted by Gasteiger charge is 2.13. The number of aliphatic imine (C=N–C) groups is 1. The number of aryl methyl sites for hydroxylation is 1. The SMILES string of the molecule is CCNC(=NCc1cnn(C)c1)NCc1ccc2c(c1)OCO2. The second kappa shape index (κ2) is 7.04. The van der Waals surface area contributed by atoms with Gasteiger partial charge in [0.15, 0.2) is 17.5 Å². The summed E-state index contributed by atoms with van der Waals surface area (Å²) >= 11 is 0. The van der Waals surface area contributed by atoms with Crippen molar-refractivity contribution >= 4 is 5.96 Å². The van der Waals surface area contributed by atoms with Gasteiger partial charge in [0.2, 0.25) is 6.79 Å². The maximum atomic E-state index is 5.40. The molecule has 0 saturated carbocycles. The van der Waals surface area contributed by atoms with Crippen molar-refractivity contribution in [2.45, 2.75) is 20.0 Å². The Morgan fingerprint density at radius 3 is 2.91 bits per heavy atom. The highest BCUT2D eigenvalue weighted by Crippen LogP contribution is 2.32. The highest BCUT2D eigenvalue weighted by atomic mass is 16.7. The van der Waals surface area contributed by atoms with Crippen LogP contribution in [0.1, 0.15) is 18.1 Å². The molecule has 7 heteroatoms. The fourth-order valence-electron chi connectivity index (χ4n) is 2.30. The third kappa shape index (κ3) is 3.94. The van der Waals surface area contributed by atoms with E-state index in [1.165, 1.54) is 0 Å². The quantitative estimate of drug-likeness (QED) is 0.645. The maximum Gasteiger partial charge on any atom is 0.231 e. The van der Waals surface area contributed by atoms with Gasteiger partial charge in [-0.3, -0.25) is 4.68 Å². The summed E-state index contributed by atoms with van der Waals surface area (Å²) in [6, 6.07) is 5.93. The van der Waals surface area contributed by atoms with E-state index in [2.05, 4.69) is 20.7 Å². The lowest BCUT2D eigenvalue weighted by molar-refractivity contribution is 0.174. The maximum absolute atomic E-state index is 5.40. The Bertz CT molecular complexity index is 696. The lowest BCUT2D eigenvalue weighted by Crippen LogP contribution is -2.36. The zero-order valence-electron chi connectivity index (χ0n) is 13.4. The molecular weight excluding hydrogens is 294 g/mol. The van der Waals surface area contributed by atoms with E-state index in [1.807, 2.05) is 44.6 Å². The van der Waals surface area contributed by atoms with Crippen LogP contribution in [0.2, 0.25) is 0 Å². The Labute approximate surface area is 135 Å². The molecule has 2 heterocycles. The first-order valence-electron chi connectivity index (χ1n) is 7.63. The van der Waals surface area contributed by atoms with E-state index in [4.69, 9.17) is 9.47 Å². The van der Waals surface area contributed by atoms with Crippen molar-refractivity contribution < 1.29 is 9.47 Å². The van der Waals surface area contributed by atoms with Gasteiger partial charge in [0.25, 0.3) is 0 Å². The topological polar surface area (TPSA) is 72.7 Å². The summed E-state index contributed by atoms with van der Waals surface area (Å²) in [4.78, 5) is 4.57. The van der Waals surface area contributed by atoms with Gasteiger partial charge in [-0.15, -0.1) is 0 Å². The average molecular weight is 315 g/mol. The minimum Gasteiger partial charge on any atom is -0.454 e. The summed E-state index contributed by atoms with van der Waals surface area (Å²) in [5.41, 5.74) is 2.19. The molecule has 1 aliphatic rings. The Kier molecular flexibility index (Phi) is 4.65. The fraction of sp³-hybridized carbons (Fsp3) is 0.375. The molecule has 0 amide bonds. The van der Waals surface area contributed by atoms with Crippen LogP contribution in [-0.4, -0.2) is 29.1 Å². The Morgan fingerprint density at radius 1 is 1.26 bits per heavy atom. The molecule has 23 heavy (non-hydrogen) atoms. The van der Waals surface area contributed by atoms with E-state index in [9.17, 15) is 0 Å². The molecule has 0 bridgehead atoms. The number of hydrogen-bond donors (Lipinski definition) is 2. The van der Waals surface area contributed by atoms with Gasteiger partial charge in [-0.1, -0.05) is 6.07 Å². The first kappa shape index (κ1) is 15.2. The molecule has 122 valence electrons. The summed E-state index contributed by atoms with van der Waals surface area (Å²) < 4.78 is 12.5. The lowest BCUT2D eigenvalue weighted by atomic mass is 10.2. The summed E-state index contributed by atoms with van der Waals surface area (Å²) in [5.74, 6) is 2.36. The summed E-state index contributed by atoms with van der Waals surface area (Å²) in [5, 5.41) is 10.7. The van der Waals surface area contributed by atoms with Crippen LogP contribution in [0, 0.1) is 0 Å². The molecule has 1 aliphatic heterocycles. The molecule has 0 saturated heterocycles. The van der Waals surface area contributed by atoms with E-state index in [-0.39, 0.29) is 0 Å². The van der Waals surface area contributed by atoms with Crippen LogP contribution < -0.4 is 20.1 Å². The van der Waals surface area contributed by atoms with E-state index < -0.39 is 0 Å². The number of nitrogens with zero attached hydrogens (tertiary/aromatic N) is 3. The highest BCUT2D eigenvalue weighted by molar-refractivity contribution is 5.79. The van der Waals surface area contributed by atoms with Gasteiger partial charge in [0, 0.05) is 31.9 Å². The van der Waals surface area contributed by atoms with Crippen LogP contribution in [0.4, 0.5) is 0 Å². The van der Waals surface area contributed by atoms with E-state index >= 15 is 0 Å². The molecule has 2 aromatic rings. The smallest absolute Gasteiger partial charge is 0.231 e. The number of fused-ring (bicyclic) bond motifs is 1. The van der Waals surface area contributed by atoms with Crippen LogP contribution in [0.25, 0.3) is 0 Å². The zero-order chi connectivity index (χ0) is 16.1. The number of hydrogen-bond acceptors (Lipinski definition) is 4. The second-order valence-corrected chi connectivity index (χ2v) is 5.26. The van der Waals surface area contributed by atoms with E-state index in [1.54, 1.807) is 4.68 Å². The molecule has 1 aromatic carbocycles. The third-order valence-electron chi connectivity index (χ3n) is 3.42. The predicted molar refractivity (Wildman–Crippen MR) is 87.4 cm³/mol. The number of ether oxygens (including phenoxy) is 2. The summed E-state index contributed by atoms with van der Waals surface area (Å²) in [6.45, 7) is 4.39. The van der Waals surface area contributed by atoms with Crippen molar-refractivity contribution in [2.24, 2.45) is 12.0 Å². The molecule has 0 fully saturated rings. The Morgan fingerprint density at radius 2 is 2.13 bits per heavy atom. The molecular formula is C16H21N5O2. The zero-order valence-corrected chi connectivity index (χ0v) is 13.4. The van der Waals surface area contributed by atoms with Gasteiger partial charge in [-0.2, -0.15) is 5.10 Å². The first-order chi connectivity index (χ1) is 11.2. The number of nitrogens with one attached hydrogen (secondary N) is 2. The largest absolute Gasteiger partial charge is 0.454 e. The molecule has 0 aliphatic carbocycles. The minimum absolute atomic E-state index is 0.293. The van der Waals surface area contributed by atoms with Crippen LogP contribution in [-0.2, 0) is 20.1 Å². The van der Waals surface area contributed by atoms with Crippen molar-refractivity contribution in [3.05, 3.63) is 41.7 Å². The van der Waals surface area contributed by atoms with Crippen LogP contribution in [0.5, 0.6) is 11.5 Å². The lowest BCUT2D eigenvalue weighted by Gasteiger charge is -2.11. The van der Waals surface area contributed by atoms with Crippen molar-refractivity contribution in [3.63, 3.8) is 0 Å². The van der Waals surface area contributed by atoms with E-state index in [0.29, 0.717) is 19.9 Å². The van der Waals surface area contributed by atoms with Gasteiger partial charge in [-0.05, 0) is 24.6 Å². The van der Waals surface area contributed by atoms with Crippen molar-refractivity contribution in [1.29, 1.82) is 0 Å². The number of benzene rings is 1. The molecule has 0 unspecified atom stereocenters. The summed E-state index contributed by atoms with van der Waals surface area (Å²) in [6.07, 6.45) is 3.79. The number of aromatic nitrogens is 2. The van der Waals surface area contributed by atoms with Crippen molar-refractivity contribution in [1.82, 2.24) is 20.4 Å². The summed E-state index contributed by atoms with van der Waals surface area (Å²) in [7, 11) is 1.90. The number of rotatable bonds is 5. The second-order valence-electron chi connectivity index (χ2n) is 5.26. The fourth-order valence-corrected chi connectivity index (χ4v) is 2.30. The minimum atomic E-state index is 0.293. The molecule has 0 spiro atoms. The third-order valence-corrected chi connectivity index (χ3v) is 3.42. The molecule has 0 atom stereocenters.